The zero-order chi connectivity index (χ0) is 21.9. The Morgan fingerprint density at radius 2 is 1.43 bits per heavy atom. The predicted octanol–water partition coefficient (Wildman–Crippen LogP) is 4.38. The van der Waals surface area contributed by atoms with Crippen molar-refractivity contribution in [3.63, 3.8) is 0 Å². The van der Waals surface area contributed by atoms with Crippen LogP contribution in [0.5, 0.6) is 11.5 Å². The van der Waals surface area contributed by atoms with Gasteiger partial charge < -0.3 is 18.9 Å². The Morgan fingerprint density at radius 1 is 0.900 bits per heavy atom. The molecule has 1 fully saturated rings. The Kier molecular flexibility index (Phi) is 5.73. The first-order valence-corrected chi connectivity index (χ1v) is 8.77. The molecule has 0 unspecified atom stereocenters. The van der Waals surface area contributed by atoms with Crippen molar-refractivity contribution in [2.75, 3.05) is 0 Å². The van der Waals surface area contributed by atoms with Crippen molar-refractivity contribution in [2.24, 2.45) is 0 Å². The second kappa shape index (κ2) is 8.10. The van der Waals surface area contributed by atoms with E-state index in [1.165, 1.54) is 32.1 Å². The van der Waals surface area contributed by atoms with Gasteiger partial charge in [0.15, 0.2) is 0 Å². The van der Waals surface area contributed by atoms with Gasteiger partial charge in [-0.05, 0) is 41.5 Å². The summed E-state index contributed by atoms with van der Waals surface area (Å²) in [7, 11) is 0. The summed E-state index contributed by atoms with van der Waals surface area (Å²) in [5, 5.41) is 0. The molecule has 1 saturated heterocycles. The number of halogens is 3. The van der Waals surface area contributed by atoms with E-state index in [2.05, 4.69) is 4.74 Å². The Labute approximate surface area is 169 Å². The third-order valence-corrected chi connectivity index (χ3v) is 3.87. The normalized spacial score (nSPS) is 15.8. The van der Waals surface area contributed by atoms with Crippen molar-refractivity contribution in [1.82, 2.24) is 0 Å². The smallest absolute Gasteiger partial charge is 0.489 e. The standard InChI is InChI=1S/C21H17F3O6/c1-20(2)29-18(25)17(19(26)30-20)11-13-3-5-14(6-4-13)12-27-15-7-9-16(10-8-15)28-21(22,23)24/h3-11H,12H2,1-2H3. The fourth-order valence-electron chi connectivity index (χ4n) is 2.56. The lowest BCUT2D eigenvalue weighted by molar-refractivity contribution is -0.274. The molecule has 3 rings (SSSR count). The van der Waals surface area contributed by atoms with Crippen LogP contribution in [-0.2, 0) is 25.7 Å². The van der Waals surface area contributed by atoms with Gasteiger partial charge in [-0.1, -0.05) is 24.3 Å². The van der Waals surface area contributed by atoms with Crippen LogP contribution in [0.4, 0.5) is 13.2 Å². The first-order chi connectivity index (χ1) is 14.0. The first kappa shape index (κ1) is 21.2. The number of benzene rings is 2. The number of alkyl halides is 3. The average Bonchev–Trinajstić information content (AvgIpc) is 2.63. The van der Waals surface area contributed by atoms with E-state index >= 15 is 0 Å². The lowest BCUT2D eigenvalue weighted by Gasteiger charge is -2.29. The number of esters is 2. The lowest BCUT2D eigenvalue weighted by Crippen LogP contribution is -2.41. The van der Waals surface area contributed by atoms with Crippen LogP contribution in [0, 0.1) is 0 Å². The summed E-state index contributed by atoms with van der Waals surface area (Å²) in [6.45, 7) is 3.09. The fraction of sp³-hybridized carbons (Fsp3) is 0.238. The molecular formula is C21H17F3O6. The quantitative estimate of drug-likeness (QED) is 0.405. The molecule has 158 valence electrons. The SMILES string of the molecule is CC1(C)OC(=O)C(=Cc2ccc(COc3ccc(OC(F)(F)F)cc3)cc2)C(=O)O1. The Balaban J connectivity index is 1.60. The Bertz CT molecular complexity index is 938. The van der Waals surface area contributed by atoms with Crippen molar-refractivity contribution in [1.29, 1.82) is 0 Å². The summed E-state index contributed by atoms with van der Waals surface area (Å²) < 4.78 is 55.9. The summed E-state index contributed by atoms with van der Waals surface area (Å²) in [6.07, 6.45) is -3.38. The molecular weight excluding hydrogens is 405 g/mol. The van der Waals surface area contributed by atoms with E-state index in [0.29, 0.717) is 11.3 Å². The number of hydrogen-bond acceptors (Lipinski definition) is 6. The molecule has 1 aliphatic heterocycles. The zero-order valence-electron chi connectivity index (χ0n) is 16.0. The minimum absolute atomic E-state index is 0.161. The van der Waals surface area contributed by atoms with Gasteiger partial charge in [0.2, 0.25) is 0 Å². The largest absolute Gasteiger partial charge is 0.573 e. The molecule has 2 aromatic carbocycles. The van der Waals surface area contributed by atoms with E-state index < -0.39 is 24.1 Å². The molecule has 1 heterocycles. The third kappa shape index (κ3) is 5.76. The summed E-state index contributed by atoms with van der Waals surface area (Å²) in [4.78, 5) is 23.9. The van der Waals surface area contributed by atoms with Crippen LogP contribution in [0.15, 0.2) is 54.1 Å². The molecule has 6 nitrogen and oxygen atoms in total. The van der Waals surface area contributed by atoms with Gasteiger partial charge in [-0.15, -0.1) is 13.2 Å². The minimum atomic E-state index is -4.75. The first-order valence-electron chi connectivity index (χ1n) is 8.77. The molecule has 0 saturated carbocycles. The number of rotatable bonds is 5. The van der Waals surface area contributed by atoms with Crippen molar-refractivity contribution in [2.45, 2.75) is 32.6 Å². The summed E-state index contributed by atoms with van der Waals surface area (Å²) >= 11 is 0. The van der Waals surface area contributed by atoms with E-state index in [4.69, 9.17) is 14.2 Å². The van der Waals surface area contributed by atoms with Crippen LogP contribution in [0.25, 0.3) is 6.08 Å². The number of ether oxygens (including phenoxy) is 4. The zero-order valence-corrected chi connectivity index (χ0v) is 16.0. The average molecular weight is 422 g/mol. The molecule has 0 aliphatic carbocycles. The van der Waals surface area contributed by atoms with Gasteiger partial charge in [0, 0.05) is 13.8 Å². The van der Waals surface area contributed by atoms with Gasteiger partial charge in [0.25, 0.3) is 5.79 Å². The van der Waals surface area contributed by atoms with Gasteiger partial charge in [-0.3, -0.25) is 0 Å². The van der Waals surface area contributed by atoms with Gasteiger partial charge >= 0.3 is 18.3 Å². The second-order valence-electron chi connectivity index (χ2n) is 6.79. The van der Waals surface area contributed by atoms with Crippen LogP contribution in [-0.4, -0.2) is 24.1 Å². The molecule has 0 spiro atoms. The maximum atomic E-state index is 12.2. The van der Waals surface area contributed by atoms with E-state index in [1.54, 1.807) is 24.3 Å². The highest BCUT2D eigenvalue weighted by atomic mass is 19.4. The third-order valence-electron chi connectivity index (χ3n) is 3.87. The molecule has 0 bridgehead atoms. The predicted molar refractivity (Wildman–Crippen MR) is 98.1 cm³/mol. The lowest BCUT2D eigenvalue weighted by atomic mass is 10.1. The van der Waals surface area contributed by atoms with Crippen LogP contribution in [0.1, 0.15) is 25.0 Å². The molecule has 2 aromatic rings. The van der Waals surface area contributed by atoms with Gasteiger partial charge in [0.1, 0.15) is 23.7 Å². The van der Waals surface area contributed by atoms with Gasteiger partial charge in [0.05, 0.1) is 0 Å². The highest BCUT2D eigenvalue weighted by Gasteiger charge is 2.38. The molecule has 0 atom stereocenters. The van der Waals surface area contributed by atoms with Crippen molar-refractivity contribution < 1.29 is 41.7 Å². The van der Waals surface area contributed by atoms with E-state index in [0.717, 1.165) is 17.7 Å². The molecule has 0 amide bonds. The summed E-state index contributed by atoms with van der Waals surface area (Å²) in [5.74, 6) is -2.80. The second-order valence-corrected chi connectivity index (χ2v) is 6.79. The van der Waals surface area contributed by atoms with Crippen LogP contribution in [0.3, 0.4) is 0 Å². The number of cyclic esters (lactones) is 2. The molecule has 0 aromatic heterocycles. The van der Waals surface area contributed by atoms with Gasteiger partial charge in [-0.2, -0.15) is 0 Å². The molecule has 30 heavy (non-hydrogen) atoms. The minimum Gasteiger partial charge on any atom is -0.489 e. The molecule has 9 heteroatoms. The molecule has 1 aliphatic rings. The topological polar surface area (TPSA) is 71.1 Å². The number of hydrogen-bond donors (Lipinski definition) is 0. The maximum absolute atomic E-state index is 12.2. The molecule has 0 radical (unpaired) electrons. The fourth-order valence-corrected chi connectivity index (χ4v) is 2.56. The van der Waals surface area contributed by atoms with E-state index in [-0.39, 0.29) is 17.9 Å². The summed E-state index contributed by atoms with van der Waals surface area (Å²) in [6, 6.07) is 11.8. The number of carbonyl (C=O) groups is 2. The van der Waals surface area contributed by atoms with Crippen molar-refractivity contribution in [3.05, 3.63) is 65.2 Å². The van der Waals surface area contributed by atoms with Crippen LogP contribution < -0.4 is 9.47 Å². The highest BCUT2D eigenvalue weighted by Crippen LogP contribution is 2.26. The molecule has 0 N–H and O–H groups in total. The van der Waals surface area contributed by atoms with Crippen LogP contribution in [0.2, 0.25) is 0 Å². The van der Waals surface area contributed by atoms with E-state index in [9.17, 15) is 22.8 Å². The van der Waals surface area contributed by atoms with Gasteiger partial charge in [-0.25, -0.2) is 9.59 Å². The van der Waals surface area contributed by atoms with Crippen LogP contribution >= 0.6 is 0 Å². The Morgan fingerprint density at radius 3 is 1.97 bits per heavy atom. The maximum Gasteiger partial charge on any atom is 0.573 e. The van der Waals surface area contributed by atoms with E-state index in [1.807, 2.05) is 0 Å². The highest BCUT2D eigenvalue weighted by molar-refractivity contribution is 6.18. The number of carbonyl (C=O) groups excluding carboxylic acids is 2. The monoisotopic (exact) mass is 422 g/mol. The Hall–Kier alpha value is -3.49. The summed E-state index contributed by atoms with van der Waals surface area (Å²) in [5.41, 5.74) is 1.14. The van der Waals surface area contributed by atoms with Crippen molar-refractivity contribution in [3.8, 4) is 11.5 Å². The van der Waals surface area contributed by atoms with Crippen molar-refractivity contribution >= 4 is 18.0 Å².